The van der Waals surface area contributed by atoms with Crippen LogP contribution in [0.3, 0.4) is 0 Å². The van der Waals surface area contributed by atoms with Crippen molar-refractivity contribution in [1.82, 2.24) is 4.90 Å². The van der Waals surface area contributed by atoms with Crippen LogP contribution in [0.2, 0.25) is 0 Å². The van der Waals surface area contributed by atoms with Gasteiger partial charge in [-0.25, -0.2) is 0 Å². The number of carbonyl (C=O) groups is 3. The van der Waals surface area contributed by atoms with Gasteiger partial charge in [-0.15, -0.1) is 0 Å². The molecule has 1 aromatic heterocycles. The summed E-state index contributed by atoms with van der Waals surface area (Å²) in [5, 5.41) is 6.57. The Hall–Kier alpha value is -2.47. The Labute approximate surface area is 125 Å². The minimum atomic E-state index is -0.344. The molecule has 0 atom stereocenters. The van der Waals surface area contributed by atoms with Gasteiger partial charge in [-0.05, 0) is 40.6 Å². The molecule has 0 saturated carbocycles. The molecule has 0 aliphatic carbocycles. The molecule has 0 unspecified atom stereocenters. The van der Waals surface area contributed by atoms with Crippen molar-refractivity contribution in [3.63, 3.8) is 0 Å². The number of rotatable bonds is 3. The number of benzene rings is 1. The van der Waals surface area contributed by atoms with Gasteiger partial charge >= 0.3 is 0 Å². The summed E-state index contributed by atoms with van der Waals surface area (Å²) in [5.74, 6) is -0.812. The first-order valence-corrected chi connectivity index (χ1v) is 7.28. The quantitative estimate of drug-likeness (QED) is 0.883. The molecule has 1 aliphatic heterocycles. The molecule has 5 nitrogen and oxygen atoms in total. The molecule has 3 amide bonds. The van der Waals surface area contributed by atoms with Crippen molar-refractivity contribution in [2.24, 2.45) is 0 Å². The average Bonchev–Trinajstić information content (AvgIpc) is 3.03. The fourth-order valence-corrected chi connectivity index (χ4v) is 2.89. The molecular weight excluding hydrogens is 288 g/mol. The molecule has 1 N–H and O–H groups in total. The number of thiophene rings is 1. The smallest absolute Gasteiger partial charge is 0.261 e. The van der Waals surface area contributed by atoms with E-state index in [9.17, 15) is 14.4 Å². The minimum Gasteiger partial charge on any atom is -0.326 e. The van der Waals surface area contributed by atoms with Gasteiger partial charge in [0, 0.05) is 12.7 Å². The van der Waals surface area contributed by atoms with Gasteiger partial charge in [0.2, 0.25) is 5.91 Å². The predicted molar refractivity (Wildman–Crippen MR) is 79.5 cm³/mol. The molecule has 2 heterocycles. The number of amides is 3. The van der Waals surface area contributed by atoms with Crippen molar-refractivity contribution in [2.75, 3.05) is 12.4 Å². The van der Waals surface area contributed by atoms with Crippen LogP contribution in [0.15, 0.2) is 35.0 Å². The summed E-state index contributed by atoms with van der Waals surface area (Å²) < 4.78 is 0. The lowest BCUT2D eigenvalue weighted by Crippen LogP contribution is -2.24. The zero-order chi connectivity index (χ0) is 15.0. The zero-order valence-electron chi connectivity index (χ0n) is 11.3. The SMILES string of the molecule is CN1C(=O)c2ccc(NC(=O)Cc3ccsc3)cc2C1=O. The predicted octanol–water partition coefficient (Wildman–Crippen LogP) is 2.16. The van der Waals surface area contributed by atoms with Crippen LogP contribution in [0.1, 0.15) is 26.3 Å². The van der Waals surface area contributed by atoms with Gasteiger partial charge in [-0.2, -0.15) is 11.3 Å². The Balaban J connectivity index is 1.78. The number of hydrogen-bond donors (Lipinski definition) is 1. The van der Waals surface area contributed by atoms with Crippen molar-refractivity contribution in [3.05, 3.63) is 51.7 Å². The van der Waals surface area contributed by atoms with Gasteiger partial charge in [0.25, 0.3) is 11.8 Å². The molecule has 0 spiro atoms. The molecule has 2 aromatic rings. The summed E-state index contributed by atoms with van der Waals surface area (Å²) in [6.45, 7) is 0. The summed E-state index contributed by atoms with van der Waals surface area (Å²) in [4.78, 5) is 36.7. The topological polar surface area (TPSA) is 66.5 Å². The second kappa shape index (κ2) is 5.14. The maximum absolute atomic E-state index is 11.9. The van der Waals surface area contributed by atoms with E-state index in [0.717, 1.165) is 10.5 Å². The second-order valence-corrected chi connectivity index (χ2v) is 5.57. The Kier molecular flexibility index (Phi) is 3.31. The summed E-state index contributed by atoms with van der Waals surface area (Å²) in [6.07, 6.45) is 0.285. The highest BCUT2D eigenvalue weighted by molar-refractivity contribution is 7.08. The number of hydrogen-bond acceptors (Lipinski definition) is 4. The average molecular weight is 300 g/mol. The van der Waals surface area contributed by atoms with Gasteiger partial charge in [0.15, 0.2) is 0 Å². The Bertz CT molecular complexity index is 737. The van der Waals surface area contributed by atoms with E-state index < -0.39 is 0 Å². The molecule has 1 aliphatic rings. The number of fused-ring (bicyclic) bond motifs is 1. The number of nitrogens with one attached hydrogen (secondary N) is 1. The highest BCUT2D eigenvalue weighted by Crippen LogP contribution is 2.24. The molecule has 3 rings (SSSR count). The molecule has 0 bridgehead atoms. The summed E-state index contributed by atoms with van der Waals surface area (Å²) in [7, 11) is 1.44. The fourth-order valence-electron chi connectivity index (χ4n) is 2.22. The van der Waals surface area contributed by atoms with Crippen LogP contribution in [0.5, 0.6) is 0 Å². The van der Waals surface area contributed by atoms with Crippen LogP contribution >= 0.6 is 11.3 Å². The third kappa shape index (κ3) is 2.45. The van der Waals surface area contributed by atoms with Gasteiger partial charge in [0.1, 0.15) is 0 Å². The second-order valence-electron chi connectivity index (χ2n) is 4.79. The van der Waals surface area contributed by atoms with Crippen LogP contribution in [-0.2, 0) is 11.2 Å². The Morgan fingerprint density at radius 3 is 2.67 bits per heavy atom. The molecule has 0 saturated heterocycles. The van der Waals surface area contributed by atoms with Crippen molar-refractivity contribution < 1.29 is 14.4 Å². The Morgan fingerprint density at radius 2 is 1.95 bits per heavy atom. The van der Waals surface area contributed by atoms with Crippen molar-refractivity contribution in [2.45, 2.75) is 6.42 Å². The van der Waals surface area contributed by atoms with E-state index >= 15 is 0 Å². The normalized spacial score (nSPS) is 13.5. The third-order valence-electron chi connectivity index (χ3n) is 3.32. The van der Waals surface area contributed by atoms with Crippen molar-refractivity contribution in [3.8, 4) is 0 Å². The number of carbonyl (C=O) groups excluding carboxylic acids is 3. The number of nitrogens with zero attached hydrogens (tertiary/aromatic N) is 1. The fraction of sp³-hybridized carbons (Fsp3) is 0.133. The van der Waals surface area contributed by atoms with Gasteiger partial charge in [0.05, 0.1) is 17.5 Å². The molecule has 6 heteroatoms. The lowest BCUT2D eigenvalue weighted by molar-refractivity contribution is -0.115. The van der Waals surface area contributed by atoms with Crippen LogP contribution in [0, 0.1) is 0 Å². The van der Waals surface area contributed by atoms with Crippen molar-refractivity contribution >= 4 is 34.7 Å². The molecular formula is C15H12N2O3S. The number of anilines is 1. The van der Waals surface area contributed by atoms with E-state index in [1.54, 1.807) is 18.2 Å². The maximum Gasteiger partial charge on any atom is 0.261 e. The van der Waals surface area contributed by atoms with Crippen LogP contribution in [0.25, 0.3) is 0 Å². The van der Waals surface area contributed by atoms with E-state index in [1.807, 2.05) is 16.8 Å². The number of imide groups is 1. The summed E-state index contributed by atoms with van der Waals surface area (Å²) in [5.41, 5.74) is 2.17. The van der Waals surface area contributed by atoms with Crippen LogP contribution in [-0.4, -0.2) is 29.7 Å². The highest BCUT2D eigenvalue weighted by atomic mass is 32.1. The molecule has 0 radical (unpaired) electrons. The molecule has 1 aromatic carbocycles. The maximum atomic E-state index is 11.9. The highest BCUT2D eigenvalue weighted by Gasteiger charge is 2.32. The first-order valence-electron chi connectivity index (χ1n) is 6.33. The third-order valence-corrected chi connectivity index (χ3v) is 4.05. The first kappa shape index (κ1) is 13.5. The van der Waals surface area contributed by atoms with E-state index in [1.165, 1.54) is 18.4 Å². The van der Waals surface area contributed by atoms with Crippen LogP contribution < -0.4 is 5.32 Å². The summed E-state index contributed by atoms with van der Waals surface area (Å²) >= 11 is 1.54. The first-order chi connectivity index (χ1) is 10.1. The molecule has 106 valence electrons. The molecule has 0 fully saturated rings. The lowest BCUT2D eigenvalue weighted by atomic mass is 10.1. The zero-order valence-corrected chi connectivity index (χ0v) is 12.1. The lowest BCUT2D eigenvalue weighted by Gasteiger charge is -2.05. The monoisotopic (exact) mass is 300 g/mol. The standard InChI is InChI=1S/C15H12N2O3S/c1-17-14(19)11-3-2-10(7-12(11)15(17)20)16-13(18)6-9-4-5-21-8-9/h2-5,7-8H,6H2,1H3,(H,16,18). The molecule has 21 heavy (non-hydrogen) atoms. The van der Waals surface area contributed by atoms with Crippen LogP contribution in [0.4, 0.5) is 5.69 Å². The largest absolute Gasteiger partial charge is 0.326 e. The van der Waals surface area contributed by atoms with E-state index in [4.69, 9.17) is 0 Å². The van der Waals surface area contributed by atoms with E-state index in [0.29, 0.717) is 16.8 Å². The van der Waals surface area contributed by atoms with Gasteiger partial charge in [-0.3, -0.25) is 19.3 Å². The Morgan fingerprint density at radius 1 is 1.19 bits per heavy atom. The van der Waals surface area contributed by atoms with Gasteiger partial charge < -0.3 is 5.32 Å². The van der Waals surface area contributed by atoms with Crippen molar-refractivity contribution in [1.29, 1.82) is 0 Å². The van der Waals surface area contributed by atoms with E-state index in [-0.39, 0.29) is 24.1 Å². The van der Waals surface area contributed by atoms with E-state index in [2.05, 4.69) is 5.32 Å². The summed E-state index contributed by atoms with van der Waals surface area (Å²) in [6, 6.07) is 6.64. The minimum absolute atomic E-state index is 0.154. The van der Waals surface area contributed by atoms with Gasteiger partial charge in [-0.1, -0.05) is 0 Å².